The molecule has 0 bridgehead atoms. The number of aliphatic carboxylic acids is 1. The Balaban J connectivity index is 2.68. The molecule has 4 nitrogen and oxygen atoms in total. The molecule has 4 heteroatoms. The minimum atomic E-state index is -0.701. The van der Waals surface area contributed by atoms with E-state index >= 15 is 0 Å². The topological polar surface area (TPSA) is 52.6 Å². The Morgan fingerprint density at radius 3 is 2.81 bits per heavy atom. The van der Waals surface area contributed by atoms with Crippen LogP contribution in [-0.4, -0.2) is 48.2 Å². The number of hydrogen-bond acceptors (Lipinski definition) is 3. The smallest absolute Gasteiger partial charge is 0.304 e. The highest BCUT2D eigenvalue weighted by Crippen LogP contribution is 2.21. The average molecular weight is 228 g/mol. The number of nitrogens with zero attached hydrogens (tertiary/aromatic N) is 1. The van der Waals surface area contributed by atoms with Gasteiger partial charge in [0.25, 0.3) is 0 Å². The molecule has 0 aliphatic carbocycles. The molecule has 1 fully saturated rings. The van der Waals surface area contributed by atoms with Crippen LogP contribution in [0.25, 0.3) is 0 Å². The van der Waals surface area contributed by atoms with Crippen LogP contribution in [0.4, 0.5) is 0 Å². The molecule has 1 unspecified atom stereocenters. The maximum absolute atomic E-state index is 10.8. The molecule has 0 saturated carbocycles. The molecule has 0 aromatic rings. The molecular formula is C12H24N2O2. The molecule has 0 aromatic heterocycles. The first-order chi connectivity index (χ1) is 7.44. The van der Waals surface area contributed by atoms with Gasteiger partial charge in [0.05, 0.1) is 6.42 Å². The van der Waals surface area contributed by atoms with Crippen molar-refractivity contribution in [1.82, 2.24) is 10.2 Å². The summed E-state index contributed by atoms with van der Waals surface area (Å²) in [6.45, 7) is 10.3. The molecule has 2 N–H and O–H groups in total. The first kappa shape index (κ1) is 13.5. The fourth-order valence-electron chi connectivity index (χ4n) is 2.39. The molecular weight excluding hydrogens is 204 g/mol. The Bertz CT molecular complexity index is 241. The second-order valence-corrected chi connectivity index (χ2v) is 5.52. The minimum absolute atomic E-state index is 0.138. The van der Waals surface area contributed by atoms with Gasteiger partial charge in [0, 0.05) is 25.7 Å². The quantitative estimate of drug-likeness (QED) is 0.758. The first-order valence-electron chi connectivity index (χ1n) is 6.11. The second-order valence-electron chi connectivity index (χ2n) is 5.52. The third kappa shape index (κ3) is 4.10. The van der Waals surface area contributed by atoms with E-state index in [-0.39, 0.29) is 17.9 Å². The Morgan fingerprint density at radius 2 is 2.25 bits per heavy atom. The van der Waals surface area contributed by atoms with E-state index in [9.17, 15) is 4.79 Å². The van der Waals surface area contributed by atoms with E-state index in [0.29, 0.717) is 0 Å². The summed E-state index contributed by atoms with van der Waals surface area (Å²) in [7, 11) is 0. The lowest BCUT2D eigenvalue weighted by Gasteiger charge is -2.33. The fourth-order valence-corrected chi connectivity index (χ4v) is 2.39. The van der Waals surface area contributed by atoms with Crippen molar-refractivity contribution in [2.24, 2.45) is 5.41 Å². The molecule has 1 saturated heterocycles. The van der Waals surface area contributed by atoms with Gasteiger partial charge < -0.3 is 10.4 Å². The number of carboxylic acid groups (broad SMARTS) is 1. The third-order valence-electron chi connectivity index (χ3n) is 3.05. The van der Waals surface area contributed by atoms with Gasteiger partial charge in [-0.05, 0) is 18.4 Å². The van der Waals surface area contributed by atoms with Gasteiger partial charge in [0.2, 0.25) is 0 Å². The standard InChI is InChI=1S/C12H24N2O2/c1-4-5-14-9-12(2,3)8-13-7-10(14)6-11(15)16/h10,13H,4-9H2,1-3H3,(H,15,16). The molecule has 94 valence electrons. The van der Waals surface area contributed by atoms with Crippen molar-refractivity contribution in [3.05, 3.63) is 0 Å². The van der Waals surface area contributed by atoms with Crippen molar-refractivity contribution in [2.45, 2.75) is 39.7 Å². The summed E-state index contributed by atoms with van der Waals surface area (Å²) in [6.07, 6.45) is 1.31. The van der Waals surface area contributed by atoms with E-state index in [1.807, 2.05) is 0 Å². The summed E-state index contributed by atoms with van der Waals surface area (Å²) in [5, 5.41) is 12.3. The van der Waals surface area contributed by atoms with E-state index in [4.69, 9.17) is 5.11 Å². The zero-order valence-electron chi connectivity index (χ0n) is 10.6. The van der Waals surface area contributed by atoms with Crippen LogP contribution in [0.5, 0.6) is 0 Å². The first-order valence-corrected chi connectivity index (χ1v) is 6.11. The Morgan fingerprint density at radius 1 is 1.56 bits per heavy atom. The van der Waals surface area contributed by atoms with Gasteiger partial charge in [0.15, 0.2) is 0 Å². The van der Waals surface area contributed by atoms with Crippen LogP contribution in [0.2, 0.25) is 0 Å². The summed E-state index contributed by atoms with van der Waals surface area (Å²) < 4.78 is 0. The number of nitrogens with one attached hydrogen (secondary N) is 1. The van der Waals surface area contributed by atoms with Crippen molar-refractivity contribution in [2.75, 3.05) is 26.2 Å². The van der Waals surface area contributed by atoms with Crippen LogP contribution in [0.3, 0.4) is 0 Å². The number of carbonyl (C=O) groups is 1. The fraction of sp³-hybridized carbons (Fsp3) is 0.917. The van der Waals surface area contributed by atoms with Crippen LogP contribution in [0, 0.1) is 5.41 Å². The number of rotatable bonds is 4. The van der Waals surface area contributed by atoms with Gasteiger partial charge in [-0.1, -0.05) is 20.8 Å². The van der Waals surface area contributed by atoms with E-state index in [2.05, 4.69) is 31.0 Å². The van der Waals surface area contributed by atoms with Gasteiger partial charge in [-0.15, -0.1) is 0 Å². The highest BCUT2D eigenvalue weighted by atomic mass is 16.4. The Kier molecular flexibility index (Phi) is 4.74. The van der Waals surface area contributed by atoms with E-state index in [1.54, 1.807) is 0 Å². The van der Waals surface area contributed by atoms with Crippen LogP contribution < -0.4 is 5.32 Å². The lowest BCUT2D eigenvalue weighted by atomic mass is 9.93. The second kappa shape index (κ2) is 5.64. The molecule has 0 spiro atoms. The van der Waals surface area contributed by atoms with Crippen LogP contribution in [0.15, 0.2) is 0 Å². The van der Waals surface area contributed by atoms with Crippen LogP contribution in [0.1, 0.15) is 33.6 Å². The zero-order valence-corrected chi connectivity index (χ0v) is 10.6. The molecule has 16 heavy (non-hydrogen) atoms. The Labute approximate surface area is 98.0 Å². The van der Waals surface area contributed by atoms with Crippen molar-refractivity contribution in [1.29, 1.82) is 0 Å². The van der Waals surface area contributed by atoms with Gasteiger partial charge in [-0.25, -0.2) is 0 Å². The molecule has 0 amide bonds. The van der Waals surface area contributed by atoms with E-state index in [0.717, 1.165) is 32.6 Å². The normalized spacial score (nSPS) is 26.3. The summed E-state index contributed by atoms with van der Waals surface area (Å²) in [4.78, 5) is 13.2. The third-order valence-corrected chi connectivity index (χ3v) is 3.05. The highest BCUT2D eigenvalue weighted by molar-refractivity contribution is 5.67. The lowest BCUT2D eigenvalue weighted by molar-refractivity contribution is -0.138. The summed E-state index contributed by atoms with van der Waals surface area (Å²) in [6, 6.07) is 0.138. The van der Waals surface area contributed by atoms with Crippen LogP contribution >= 0.6 is 0 Å². The molecule has 1 heterocycles. The zero-order chi connectivity index (χ0) is 12.2. The van der Waals surface area contributed by atoms with Crippen LogP contribution in [-0.2, 0) is 4.79 Å². The SMILES string of the molecule is CCCN1CC(C)(C)CNCC1CC(=O)O. The van der Waals surface area contributed by atoms with Crippen molar-refractivity contribution in [3.63, 3.8) is 0 Å². The summed E-state index contributed by atoms with van der Waals surface area (Å²) in [5.74, 6) is -0.701. The van der Waals surface area contributed by atoms with Crippen molar-refractivity contribution < 1.29 is 9.90 Å². The predicted octanol–water partition coefficient (Wildman–Crippen LogP) is 1.17. The molecule has 0 radical (unpaired) electrons. The minimum Gasteiger partial charge on any atom is -0.481 e. The average Bonchev–Trinajstić information content (AvgIpc) is 2.26. The van der Waals surface area contributed by atoms with Gasteiger partial charge in [-0.2, -0.15) is 0 Å². The van der Waals surface area contributed by atoms with Gasteiger partial charge in [0.1, 0.15) is 0 Å². The highest BCUT2D eigenvalue weighted by Gasteiger charge is 2.30. The molecule has 1 aliphatic heterocycles. The maximum atomic E-state index is 10.8. The van der Waals surface area contributed by atoms with Gasteiger partial charge >= 0.3 is 5.97 Å². The summed E-state index contributed by atoms with van der Waals surface area (Å²) >= 11 is 0. The van der Waals surface area contributed by atoms with Crippen molar-refractivity contribution in [3.8, 4) is 0 Å². The number of carboxylic acids is 1. The molecule has 1 aliphatic rings. The van der Waals surface area contributed by atoms with E-state index < -0.39 is 5.97 Å². The largest absolute Gasteiger partial charge is 0.481 e. The molecule has 1 rings (SSSR count). The lowest BCUT2D eigenvalue weighted by Crippen LogP contribution is -2.43. The molecule has 0 aromatic carbocycles. The molecule has 1 atom stereocenters. The van der Waals surface area contributed by atoms with Crippen molar-refractivity contribution >= 4 is 5.97 Å². The summed E-state index contributed by atoms with van der Waals surface area (Å²) in [5.41, 5.74) is 0.225. The van der Waals surface area contributed by atoms with Gasteiger partial charge in [-0.3, -0.25) is 9.69 Å². The predicted molar refractivity (Wildman–Crippen MR) is 64.6 cm³/mol. The maximum Gasteiger partial charge on any atom is 0.304 e. The number of hydrogen-bond donors (Lipinski definition) is 2. The van der Waals surface area contributed by atoms with E-state index in [1.165, 1.54) is 0 Å². The Hall–Kier alpha value is -0.610. The monoisotopic (exact) mass is 228 g/mol.